The summed E-state index contributed by atoms with van der Waals surface area (Å²) in [7, 11) is -3.88. The molecule has 0 atom stereocenters. The van der Waals surface area contributed by atoms with Gasteiger partial charge in [-0.25, -0.2) is 17.5 Å². The molecule has 0 spiro atoms. The van der Waals surface area contributed by atoms with Crippen LogP contribution in [0.5, 0.6) is 0 Å². The van der Waals surface area contributed by atoms with Crippen LogP contribution in [0.3, 0.4) is 0 Å². The molecule has 0 radical (unpaired) electrons. The molecule has 114 valence electrons. The molecule has 0 fully saturated rings. The highest BCUT2D eigenvalue weighted by Gasteiger charge is 2.18. The zero-order chi connectivity index (χ0) is 15.2. The van der Waals surface area contributed by atoms with Gasteiger partial charge in [0.05, 0.1) is 6.61 Å². The number of nitrogens with two attached hydrogens (primary N) is 1. The van der Waals surface area contributed by atoms with Gasteiger partial charge in [-0.3, -0.25) is 0 Å². The fourth-order valence-electron chi connectivity index (χ4n) is 1.53. The zero-order valence-corrected chi connectivity index (χ0v) is 12.5. The Morgan fingerprint density at radius 1 is 1.40 bits per heavy atom. The third-order valence-electron chi connectivity index (χ3n) is 2.51. The lowest BCUT2D eigenvalue weighted by Crippen LogP contribution is -2.28. The van der Waals surface area contributed by atoms with E-state index in [1.54, 1.807) is 0 Å². The van der Waals surface area contributed by atoms with Gasteiger partial charge in [0.2, 0.25) is 10.0 Å². The van der Waals surface area contributed by atoms with Crippen LogP contribution in [0.25, 0.3) is 0 Å². The van der Waals surface area contributed by atoms with Crippen LogP contribution in [0.4, 0.5) is 4.39 Å². The highest BCUT2D eigenvalue weighted by atomic mass is 32.2. The van der Waals surface area contributed by atoms with Gasteiger partial charge in [0.15, 0.2) is 0 Å². The van der Waals surface area contributed by atoms with Gasteiger partial charge in [-0.1, -0.05) is 19.9 Å². The maximum Gasteiger partial charge on any atom is 0.243 e. The molecule has 0 heterocycles. The predicted octanol–water partition coefficient (Wildman–Crippen LogP) is 1.24. The number of ether oxygens (including phenoxy) is 1. The summed E-state index contributed by atoms with van der Waals surface area (Å²) in [5.41, 5.74) is 5.98. The van der Waals surface area contributed by atoms with Crippen LogP contribution in [-0.4, -0.2) is 28.2 Å². The Kier molecular flexibility index (Phi) is 6.54. The minimum absolute atomic E-state index is 0.0986. The monoisotopic (exact) mass is 304 g/mol. The first-order valence-electron chi connectivity index (χ1n) is 6.42. The summed E-state index contributed by atoms with van der Waals surface area (Å²) in [5.74, 6) is -0.414. The molecular formula is C13H21FN2O3S. The Bertz CT molecular complexity index is 532. The first kappa shape index (κ1) is 17.0. The fraction of sp³-hybridized carbons (Fsp3) is 0.538. The van der Waals surface area contributed by atoms with Crippen molar-refractivity contribution < 1.29 is 17.5 Å². The van der Waals surface area contributed by atoms with Crippen molar-refractivity contribution in [3.63, 3.8) is 0 Å². The zero-order valence-electron chi connectivity index (χ0n) is 11.7. The third kappa shape index (κ3) is 5.16. The summed E-state index contributed by atoms with van der Waals surface area (Å²) in [5, 5.41) is 0. The number of rotatable bonds is 8. The number of benzene rings is 1. The molecule has 0 aliphatic rings. The van der Waals surface area contributed by atoms with E-state index in [1.807, 2.05) is 13.8 Å². The van der Waals surface area contributed by atoms with Gasteiger partial charge >= 0.3 is 0 Å². The molecule has 1 rings (SSSR count). The summed E-state index contributed by atoms with van der Waals surface area (Å²) in [6.45, 7) is 5.05. The van der Waals surface area contributed by atoms with Gasteiger partial charge in [0, 0.05) is 19.7 Å². The average Bonchev–Trinajstić information content (AvgIpc) is 2.38. The lowest BCUT2D eigenvalue weighted by molar-refractivity contribution is 0.114. The van der Waals surface area contributed by atoms with E-state index in [0.717, 1.165) is 6.07 Å². The number of halogens is 1. The van der Waals surface area contributed by atoms with E-state index in [1.165, 1.54) is 12.1 Å². The van der Waals surface area contributed by atoms with Crippen LogP contribution in [0, 0.1) is 11.7 Å². The second kappa shape index (κ2) is 7.68. The van der Waals surface area contributed by atoms with Crippen molar-refractivity contribution in [3.05, 3.63) is 29.6 Å². The smallest absolute Gasteiger partial charge is 0.243 e. The van der Waals surface area contributed by atoms with Gasteiger partial charge in [0.1, 0.15) is 10.7 Å². The molecule has 7 heteroatoms. The number of sulfonamides is 1. The first-order chi connectivity index (χ1) is 9.36. The largest absolute Gasteiger partial charge is 0.380 e. The van der Waals surface area contributed by atoms with E-state index in [4.69, 9.17) is 10.5 Å². The van der Waals surface area contributed by atoms with E-state index < -0.39 is 15.8 Å². The van der Waals surface area contributed by atoms with Crippen LogP contribution in [0.1, 0.15) is 19.4 Å². The van der Waals surface area contributed by atoms with Crippen LogP contribution in [0.15, 0.2) is 23.1 Å². The van der Waals surface area contributed by atoms with Gasteiger partial charge in [-0.05, 0) is 23.6 Å². The average molecular weight is 304 g/mol. The lowest BCUT2D eigenvalue weighted by atomic mass is 10.2. The van der Waals surface area contributed by atoms with Crippen molar-refractivity contribution in [2.75, 3.05) is 19.8 Å². The van der Waals surface area contributed by atoms with E-state index >= 15 is 0 Å². The molecule has 0 bridgehead atoms. The standard InChI is InChI=1S/C13H21FN2O3S/c1-10(2)9-19-6-5-16-20(17,18)13-7-11(8-15)3-4-12(13)14/h3-4,7,10,16H,5-6,8-9,15H2,1-2H3. The number of hydrogen-bond acceptors (Lipinski definition) is 4. The second-order valence-electron chi connectivity index (χ2n) is 4.84. The summed E-state index contributed by atoms with van der Waals surface area (Å²) in [6.07, 6.45) is 0. The SMILES string of the molecule is CC(C)COCCNS(=O)(=O)c1cc(CN)ccc1F. The first-order valence-corrected chi connectivity index (χ1v) is 7.91. The highest BCUT2D eigenvalue weighted by molar-refractivity contribution is 7.89. The van der Waals surface area contributed by atoms with Crippen LogP contribution in [-0.2, 0) is 21.3 Å². The van der Waals surface area contributed by atoms with Crippen LogP contribution in [0.2, 0.25) is 0 Å². The van der Waals surface area contributed by atoms with Gasteiger partial charge in [0.25, 0.3) is 0 Å². The lowest BCUT2D eigenvalue weighted by Gasteiger charge is -2.10. The molecule has 5 nitrogen and oxygen atoms in total. The molecule has 0 saturated heterocycles. The van der Waals surface area contributed by atoms with E-state index in [-0.39, 0.29) is 24.6 Å². The number of hydrogen-bond donors (Lipinski definition) is 2. The molecule has 0 unspecified atom stereocenters. The summed E-state index contributed by atoms with van der Waals surface area (Å²) in [4.78, 5) is -0.385. The molecule has 0 aromatic heterocycles. The van der Waals surface area contributed by atoms with Gasteiger partial charge in [-0.2, -0.15) is 0 Å². The van der Waals surface area contributed by atoms with E-state index in [0.29, 0.717) is 18.1 Å². The third-order valence-corrected chi connectivity index (χ3v) is 3.99. The minimum atomic E-state index is -3.88. The Balaban J connectivity index is 2.64. The van der Waals surface area contributed by atoms with Crippen molar-refractivity contribution in [1.82, 2.24) is 4.72 Å². The van der Waals surface area contributed by atoms with Gasteiger partial charge < -0.3 is 10.5 Å². The summed E-state index contributed by atoms with van der Waals surface area (Å²) in [6, 6.07) is 3.80. The Morgan fingerprint density at radius 3 is 2.70 bits per heavy atom. The van der Waals surface area contributed by atoms with Crippen molar-refractivity contribution in [2.24, 2.45) is 11.7 Å². The van der Waals surface area contributed by atoms with E-state index in [2.05, 4.69) is 4.72 Å². The van der Waals surface area contributed by atoms with Gasteiger partial charge in [-0.15, -0.1) is 0 Å². The maximum atomic E-state index is 13.6. The number of nitrogens with one attached hydrogen (secondary N) is 1. The summed E-state index contributed by atoms with van der Waals surface area (Å²) < 4.78 is 45.1. The van der Waals surface area contributed by atoms with Crippen molar-refractivity contribution in [1.29, 1.82) is 0 Å². The molecule has 0 amide bonds. The Labute approximate surface area is 119 Å². The van der Waals surface area contributed by atoms with Crippen molar-refractivity contribution in [2.45, 2.75) is 25.3 Å². The fourth-order valence-corrected chi connectivity index (χ4v) is 2.66. The van der Waals surface area contributed by atoms with Crippen molar-refractivity contribution >= 4 is 10.0 Å². The summed E-state index contributed by atoms with van der Waals surface area (Å²) >= 11 is 0. The Hall–Kier alpha value is -1.02. The van der Waals surface area contributed by atoms with Crippen molar-refractivity contribution in [3.8, 4) is 0 Å². The molecule has 20 heavy (non-hydrogen) atoms. The van der Waals surface area contributed by atoms with Crippen LogP contribution < -0.4 is 10.5 Å². The molecule has 0 aliphatic heterocycles. The van der Waals surface area contributed by atoms with Crippen LogP contribution >= 0.6 is 0 Å². The Morgan fingerprint density at radius 2 is 2.10 bits per heavy atom. The maximum absolute atomic E-state index is 13.6. The minimum Gasteiger partial charge on any atom is -0.380 e. The molecule has 1 aromatic rings. The second-order valence-corrected chi connectivity index (χ2v) is 6.57. The quantitative estimate of drug-likeness (QED) is 0.708. The highest BCUT2D eigenvalue weighted by Crippen LogP contribution is 2.16. The molecule has 0 aliphatic carbocycles. The molecule has 1 aromatic carbocycles. The molecular weight excluding hydrogens is 283 g/mol. The normalized spacial score (nSPS) is 12.1. The van der Waals surface area contributed by atoms with E-state index in [9.17, 15) is 12.8 Å². The predicted molar refractivity (Wildman–Crippen MR) is 75.1 cm³/mol. The topological polar surface area (TPSA) is 81.4 Å². The molecule has 0 saturated carbocycles. The molecule has 3 N–H and O–H groups in total.